The lowest BCUT2D eigenvalue weighted by molar-refractivity contribution is 0.0161. The number of rotatable bonds is 8. The highest BCUT2D eigenvalue weighted by molar-refractivity contribution is 7.91. The maximum absolute atomic E-state index is 12.9. The van der Waals surface area contributed by atoms with Crippen LogP contribution in [-0.4, -0.2) is 52.1 Å². The number of morpholine rings is 1. The van der Waals surface area contributed by atoms with E-state index < -0.39 is 15.7 Å². The maximum Gasteiger partial charge on any atom is 0.287 e. The number of nitrogens with one attached hydrogen (secondary N) is 1. The summed E-state index contributed by atoms with van der Waals surface area (Å²) in [5.41, 5.74) is 3.33. The van der Waals surface area contributed by atoms with Crippen molar-refractivity contribution in [2.45, 2.75) is 42.7 Å². The third kappa shape index (κ3) is 5.83. The molecule has 8 heteroatoms. The van der Waals surface area contributed by atoms with Gasteiger partial charge in [-0.15, -0.1) is 0 Å². The van der Waals surface area contributed by atoms with Crippen molar-refractivity contribution < 1.29 is 22.4 Å². The first-order valence-corrected chi connectivity index (χ1v) is 13.4. The number of aryl methyl sites for hydroxylation is 1. The number of ether oxygens (including phenoxy) is 1. The van der Waals surface area contributed by atoms with Crippen LogP contribution in [0.1, 0.15) is 53.1 Å². The van der Waals surface area contributed by atoms with E-state index >= 15 is 0 Å². The quantitative estimate of drug-likeness (QED) is 0.499. The van der Waals surface area contributed by atoms with Crippen molar-refractivity contribution in [3.8, 4) is 0 Å². The molecule has 0 radical (unpaired) electrons. The number of carbonyl (C=O) groups is 1. The lowest BCUT2D eigenvalue weighted by Crippen LogP contribution is -2.43. The molecule has 0 spiro atoms. The highest BCUT2D eigenvalue weighted by Crippen LogP contribution is 2.25. The number of benzene rings is 2. The Morgan fingerprint density at radius 1 is 0.943 bits per heavy atom. The monoisotopic (exact) mass is 496 g/mol. The molecule has 1 aliphatic rings. The van der Waals surface area contributed by atoms with E-state index in [1.54, 1.807) is 12.1 Å². The Morgan fingerprint density at radius 2 is 1.57 bits per heavy atom. The first-order chi connectivity index (χ1) is 16.8. The van der Waals surface area contributed by atoms with Gasteiger partial charge in [0, 0.05) is 19.6 Å². The molecule has 7 nitrogen and oxygen atoms in total. The van der Waals surface area contributed by atoms with E-state index in [0.717, 1.165) is 24.2 Å². The van der Waals surface area contributed by atoms with Gasteiger partial charge in [0.25, 0.3) is 5.91 Å². The summed E-state index contributed by atoms with van der Waals surface area (Å²) in [5, 5.41) is 2.68. The number of sulfone groups is 1. The number of hydrogen-bond donors (Lipinski definition) is 1. The van der Waals surface area contributed by atoms with E-state index in [1.807, 2.05) is 6.92 Å². The minimum Gasteiger partial charge on any atom is -0.439 e. The molecule has 2 aromatic carbocycles. The molecule has 0 aliphatic carbocycles. The van der Waals surface area contributed by atoms with Crippen LogP contribution in [0, 0.1) is 6.92 Å². The predicted molar refractivity (Wildman–Crippen MR) is 133 cm³/mol. The SMILES string of the molecule is Cc1ccc(S(=O)(=O)c2ccc(C(=O)NCC(c3ccc(C(C)C)cc3)N3CCOCC3)o2)cc1. The largest absolute Gasteiger partial charge is 0.439 e. The first-order valence-electron chi connectivity index (χ1n) is 11.9. The summed E-state index contributed by atoms with van der Waals surface area (Å²) in [6.45, 7) is 9.39. The van der Waals surface area contributed by atoms with Crippen molar-refractivity contribution in [1.82, 2.24) is 10.2 Å². The minimum absolute atomic E-state index is 0.0326. The van der Waals surface area contributed by atoms with E-state index in [0.29, 0.717) is 25.7 Å². The summed E-state index contributed by atoms with van der Waals surface area (Å²) in [4.78, 5) is 15.3. The molecule has 1 saturated heterocycles. The molecule has 1 aromatic heterocycles. The van der Waals surface area contributed by atoms with Crippen LogP contribution in [0.3, 0.4) is 0 Å². The molecule has 1 amide bonds. The second kappa shape index (κ2) is 10.8. The van der Waals surface area contributed by atoms with Gasteiger partial charge in [0.1, 0.15) is 0 Å². The topological polar surface area (TPSA) is 88.9 Å². The zero-order valence-corrected chi connectivity index (χ0v) is 21.2. The van der Waals surface area contributed by atoms with Crippen LogP contribution in [0.5, 0.6) is 0 Å². The van der Waals surface area contributed by atoms with Crippen LogP contribution < -0.4 is 5.32 Å². The zero-order chi connectivity index (χ0) is 25.0. The Labute approximate surface area is 207 Å². The molecule has 35 heavy (non-hydrogen) atoms. The summed E-state index contributed by atoms with van der Waals surface area (Å²) in [6.07, 6.45) is 0. The second-order valence-corrected chi connectivity index (χ2v) is 11.0. The molecular formula is C27H32N2O5S. The van der Waals surface area contributed by atoms with E-state index in [2.05, 4.69) is 48.3 Å². The van der Waals surface area contributed by atoms with Gasteiger partial charge in [0.15, 0.2) is 5.76 Å². The van der Waals surface area contributed by atoms with E-state index in [-0.39, 0.29) is 21.8 Å². The number of amides is 1. The number of furan rings is 1. The maximum atomic E-state index is 12.9. The second-order valence-electron chi connectivity index (χ2n) is 9.13. The van der Waals surface area contributed by atoms with Crippen molar-refractivity contribution in [1.29, 1.82) is 0 Å². The van der Waals surface area contributed by atoms with Gasteiger partial charge in [-0.25, -0.2) is 8.42 Å². The normalized spacial score (nSPS) is 15.8. The van der Waals surface area contributed by atoms with Gasteiger partial charge in [-0.3, -0.25) is 9.69 Å². The molecule has 4 rings (SSSR count). The Morgan fingerprint density at radius 3 is 2.20 bits per heavy atom. The summed E-state index contributed by atoms with van der Waals surface area (Å²) >= 11 is 0. The van der Waals surface area contributed by atoms with Gasteiger partial charge < -0.3 is 14.5 Å². The summed E-state index contributed by atoms with van der Waals surface area (Å²) in [6, 6.07) is 17.7. The van der Waals surface area contributed by atoms with Crippen LogP contribution in [0.15, 0.2) is 75.1 Å². The van der Waals surface area contributed by atoms with Gasteiger partial charge >= 0.3 is 0 Å². The van der Waals surface area contributed by atoms with E-state index in [1.165, 1.54) is 29.8 Å². The van der Waals surface area contributed by atoms with Crippen LogP contribution >= 0.6 is 0 Å². The molecule has 1 unspecified atom stereocenters. The molecule has 186 valence electrons. The van der Waals surface area contributed by atoms with Gasteiger partial charge in [-0.2, -0.15) is 0 Å². The lowest BCUT2D eigenvalue weighted by Gasteiger charge is -2.35. The van der Waals surface area contributed by atoms with Crippen molar-refractivity contribution in [2.75, 3.05) is 32.8 Å². The Hall–Kier alpha value is -2.94. The van der Waals surface area contributed by atoms with Crippen LogP contribution in [0.2, 0.25) is 0 Å². The number of hydrogen-bond acceptors (Lipinski definition) is 6. The predicted octanol–water partition coefficient (Wildman–Crippen LogP) is 4.35. The van der Waals surface area contributed by atoms with E-state index in [9.17, 15) is 13.2 Å². The molecule has 1 aliphatic heterocycles. The fourth-order valence-corrected chi connectivity index (χ4v) is 5.32. The average Bonchev–Trinajstić information content (AvgIpc) is 3.37. The van der Waals surface area contributed by atoms with Crippen LogP contribution in [-0.2, 0) is 14.6 Å². The van der Waals surface area contributed by atoms with Gasteiger partial charge in [-0.1, -0.05) is 55.8 Å². The molecule has 0 bridgehead atoms. The molecule has 0 saturated carbocycles. The first kappa shape index (κ1) is 25.2. The summed E-state index contributed by atoms with van der Waals surface area (Å²) in [5.74, 6) is -0.0473. The third-order valence-corrected chi connectivity index (χ3v) is 7.97. The Kier molecular flexibility index (Phi) is 7.74. The highest BCUT2D eigenvalue weighted by Gasteiger charge is 2.26. The molecule has 2 heterocycles. The van der Waals surface area contributed by atoms with Crippen LogP contribution in [0.4, 0.5) is 0 Å². The molecular weight excluding hydrogens is 464 g/mol. The Bertz CT molecular complexity index is 1240. The summed E-state index contributed by atoms with van der Waals surface area (Å²) < 4.78 is 36.7. The van der Waals surface area contributed by atoms with Crippen molar-refractivity contribution in [2.24, 2.45) is 0 Å². The molecule has 1 atom stereocenters. The van der Waals surface area contributed by atoms with Crippen molar-refractivity contribution >= 4 is 15.7 Å². The standard InChI is InChI=1S/C27H32N2O5S/c1-19(2)21-6-8-22(9-7-21)24(29-14-16-33-17-15-29)18-28-27(30)25-12-13-26(34-25)35(31,32)23-10-4-20(3)5-11-23/h4-13,19,24H,14-18H2,1-3H3,(H,28,30). The molecule has 1 N–H and O–H groups in total. The summed E-state index contributed by atoms with van der Waals surface area (Å²) in [7, 11) is -3.84. The Balaban J connectivity index is 1.49. The molecule has 3 aromatic rings. The highest BCUT2D eigenvalue weighted by atomic mass is 32.2. The van der Waals surface area contributed by atoms with Crippen molar-refractivity contribution in [3.63, 3.8) is 0 Å². The number of carbonyl (C=O) groups excluding carboxylic acids is 1. The van der Waals surface area contributed by atoms with Crippen molar-refractivity contribution in [3.05, 3.63) is 83.1 Å². The lowest BCUT2D eigenvalue weighted by atomic mass is 9.98. The van der Waals surface area contributed by atoms with Gasteiger partial charge in [-0.05, 0) is 48.2 Å². The number of nitrogens with zero attached hydrogens (tertiary/aromatic N) is 1. The third-order valence-electron chi connectivity index (χ3n) is 6.33. The van der Waals surface area contributed by atoms with Gasteiger partial charge in [0.05, 0.1) is 24.2 Å². The average molecular weight is 497 g/mol. The van der Waals surface area contributed by atoms with Crippen LogP contribution in [0.25, 0.3) is 0 Å². The van der Waals surface area contributed by atoms with Gasteiger partial charge in [0.2, 0.25) is 14.9 Å². The fraction of sp³-hybridized carbons (Fsp3) is 0.370. The minimum atomic E-state index is -3.84. The zero-order valence-electron chi connectivity index (χ0n) is 20.4. The van der Waals surface area contributed by atoms with E-state index in [4.69, 9.17) is 9.15 Å². The molecule has 1 fully saturated rings. The smallest absolute Gasteiger partial charge is 0.287 e. The fourth-order valence-electron chi connectivity index (χ4n) is 4.15.